The lowest BCUT2D eigenvalue weighted by atomic mass is 9.42. The number of primary amides is 2. The summed E-state index contributed by atoms with van der Waals surface area (Å²) in [6.07, 6.45) is -10.5. The van der Waals surface area contributed by atoms with Crippen molar-refractivity contribution in [1.82, 2.24) is 21.3 Å². The number of alkyl carbamates (subject to hydrolysis) is 1. The first-order chi connectivity index (χ1) is 45.4. The van der Waals surface area contributed by atoms with Crippen LogP contribution in [0.2, 0.25) is 5.02 Å². The first kappa shape index (κ1) is 75.9. The highest BCUT2D eigenvalue weighted by molar-refractivity contribution is 6.30. The van der Waals surface area contributed by atoms with Gasteiger partial charge in [0.15, 0.2) is 11.6 Å². The van der Waals surface area contributed by atoms with E-state index in [0.29, 0.717) is 0 Å². The SMILES string of the molecule is CC1=C2[C@@H](O)C(=O)[C@@]3(C)[C@H]([C@H](OC(=O)c4ccccc4)[C@](O)(C[C@@H]1OC(=O)[C@H](OC(=O)CCC(=O)NCCCCC(NC(=O)CC[C@H](CC(=O)C(C)NC(=O)/C=C/c1ccc(Cl)cc1F)C(N)=O)C(N)=O)[C@H](NC(=O)OC(C)(C)C)c1ccccc1)C2(C)C)[C@]1(C)CO[C@@H]1C[C@@H]3O. The lowest BCUT2D eigenvalue weighted by Gasteiger charge is -2.68. The zero-order valence-corrected chi connectivity index (χ0v) is 56.5. The smallest absolute Gasteiger partial charge is 0.408 e. The van der Waals surface area contributed by atoms with Crippen LogP contribution < -0.4 is 32.7 Å². The number of benzene rings is 3. The molecule has 3 aromatic rings. The summed E-state index contributed by atoms with van der Waals surface area (Å²) in [6, 6.07) is 15.8. The average molecular weight is 1370 g/mol. The van der Waals surface area contributed by atoms with E-state index in [1.54, 1.807) is 77.9 Å². The topological polar surface area (TPSA) is 395 Å². The number of carbonyl (C=O) groups excluding carboxylic acids is 11. The van der Waals surface area contributed by atoms with Gasteiger partial charge in [-0.05, 0) is 114 Å². The predicted molar refractivity (Wildman–Crippen MR) is 348 cm³/mol. The zero-order valence-electron chi connectivity index (χ0n) is 55.8. The van der Waals surface area contributed by atoms with Crippen molar-refractivity contribution in [3.63, 3.8) is 0 Å². The van der Waals surface area contributed by atoms with Crippen LogP contribution in [0.3, 0.4) is 0 Å². The molecule has 97 heavy (non-hydrogen) atoms. The standard InChI is InChI=1S/C70H88ClFN6O19/c1-37-47(35-70(92)60(96-63(89)41-20-14-11-15-21-41)58-68(8)36-93-49(68)34-48(80)69(58,9)59(86)56(85)54(37)67(70,6)7)94-64(90)57(55(40-18-12-10-13-19-40)78-65(91)97-66(3,4)5)95-53(84)30-29-50(81)75-31-17-16-22-45(62(74)88)77-52(83)28-25-42(61(73)87)32-46(79)38(2)76-51(82)27-24-39-23-26-43(71)33-44(39)72/h10-15,18-21,23-24,26-27,33,38,42,45,47-49,55-58,60,80,85,92H,16-17,22,25,28-32,34-36H2,1-9H3,(H2,73,87)(H2,74,88)(H,75,81)(H,76,82)(H,77,83)(H,78,91)/b27-24+/t38?,42-,45?,47+,48+,49-,55-,56-,57-,58-,60+,68-,69-,70-/m1/s1. The Labute approximate surface area is 566 Å². The molecule has 526 valence electrons. The molecule has 1 saturated heterocycles. The van der Waals surface area contributed by atoms with Gasteiger partial charge in [0, 0.05) is 78.0 Å². The Balaban J connectivity index is 1.01. The van der Waals surface area contributed by atoms with Crippen LogP contribution in [-0.2, 0) is 66.8 Å². The van der Waals surface area contributed by atoms with Gasteiger partial charge < -0.3 is 71.7 Å². The normalized spacial score (nSPS) is 25.6. The number of ketones is 2. The number of amides is 6. The molecule has 3 aliphatic carbocycles. The highest BCUT2D eigenvalue weighted by atomic mass is 35.5. The number of halogens is 2. The van der Waals surface area contributed by atoms with Gasteiger partial charge in [-0.15, -0.1) is 0 Å². The number of aliphatic hydroxyl groups is 3. The average Bonchev–Trinajstić information content (AvgIpc) is 0.674. The molecule has 2 saturated carbocycles. The molecular weight excluding hydrogens is 1280 g/mol. The largest absolute Gasteiger partial charge is 0.455 e. The molecule has 4 aliphatic rings. The molecule has 2 bridgehead atoms. The van der Waals surface area contributed by atoms with E-state index in [9.17, 15) is 62.9 Å². The molecule has 0 radical (unpaired) electrons. The highest BCUT2D eigenvalue weighted by Gasteiger charge is 2.75. The van der Waals surface area contributed by atoms with Gasteiger partial charge in [0.1, 0.15) is 47.4 Å². The van der Waals surface area contributed by atoms with E-state index >= 15 is 9.59 Å². The predicted octanol–water partition coefficient (Wildman–Crippen LogP) is 5.40. The summed E-state index contributed by atoms with van der Waals surface area (Å²) in [4.78, 5) is 149. The number of rotatable bonds is 28. The summed E-state index contributed by atoms with van der Waals surface area (Å²) in [7, 11) is 0. The number of fused-ring (bicyclic) bond motifs is 5. The molecule has 3 fully saturated rings. The van der Waals surface area contributed by atoms with Crippen molar-refractivity contribution >= 4 is 82.8 Å². The van der Waals surface area contributed by atoms with Crippen LogP contribution in [-0.4, -0.2) is 153 Å². The van der Waals surface area contributed by atoms with Crippen molar-refractivity contribution in [3.05, 3.63) is 124 Å². The zero-order chi connectivity index (χ0) is 71.7. The van der Waals surface area contributed by atoms with E-state index in [-0.39, 0.29) is 84.5 Å². The first-order valence-electron chi connectivity index (χ1n) is 32.2. The third-order valence-corrected chi connectivity index (χ3v) is 19.4. The van der Waals surface area contributed by atoms with Crippen molar-refractivity contribution in [2.75, 3.05) is 13.2 Å². The summed E-state index contributed by atoms with van der Waals surface area (Å²) in [6.45, 7) is 14.1. The molecule has 27 heteroatoms. The lowest BCUT2D eigenvalue weighted by molar-refractivity contribution is -0.313. The number of unbranched alkanes of at least 4 members (excludes halogenated alkanes) is 1. The maximum absolute atomic E-state index is 15.3. The Morgan fingerprint density at radius 1 is 0.835 bits per heavy atom. The second-order valence-corrected chi connectivity index (χ2v) is 27.8. The van der Waals surface area contributed by atoms with Crippen LogP contribution >= 0.6 is 11.6 Å². The van der Waals surface area contributed by atoms with Crippen LogP contribution in [0.25, 0.3) is 6.08 Å². The van der Waals surface area contributed by atoms with Gasteiger partial charge in [0.05, 0.1) is 42.3 Å². The van der Waals surface area contributed by atoms with Gasteiger partial charge in [-0.2, -0.15) is 0 Å². The monoisotopic (exact) mass is 1370 g/mol. The molecule has 1 aliphatic heterocycles. The highest BCUT2D eigenvalue weighted by Crippen LogP contribution is 2.66. The Kier molecular flexibility index (Phi) is 24.6. The fraction of sp³-hybridized carbons (Fsp3) is 0.529. The Morgan fingerprint density at radius 2 is 1.49 bits per heavy atom. The number of nitrogens with two attached hydrogens (primary N) is 2. The molecule has 0 spiro atoms. The molecule has 14 atom stereocenters. The molecule has 1 heterocycles. The number of Topliss-reactive ketones (excluding diaryl/α,β-unsaturated/α-hetero) is 2. The van der Waals surface area contributed by atoms with E-state index in [1.165, 1.54) is 63.2 Å². The molecular formula is C70H88ClFN6O19. The number of hydrogen-bond acceptors (Lipinski definition) is 19. The summed E-state index contributed by atoms with van der Waals surface area (Å²) >= 11 is 5.77. The quantitative estimate of drug-likeness (QED) is 0.0144. The van der Waals surface area contributed by atoms with Crippen molar-refractivity contribution in [2.45, 2.75) is 192 Å². The summed E-state index contributed by atoms with van der Waals surface area (Å²) < 4.78 is 44.4. The van der Waals surface area contributed by atoms with Crippen molar-refractivity contribution < 1.29 is 96.1 Å². The first-order valence-corrected chi connectivity index (χ1v) is 32.6. The van der Waals surface area contributed by atoms with Gasteiger partial charge in [-0.1, -0.05) is 87.0 Å². The summed E-state index contributed by atoms with van der Waals surface area (Å²) in [5.41, 5.74) is 3.61. The Morgan fingerprint density at radius 3 is 2.10 bits per heavy atom. The lowest BCUT2D eigenvalue weighted by Crippen LogP contribution is -2.77. The maximum atomic E-state index is 15.3. The minimum absolute atomic E-state index is 0.00837. The number of hydrogen-bond donors (Lipinski definition) is 9. The molecule has 3 aromatic carbocycles. The number of carbonyl (C=O) groups is 11. The van der Waals surface area contributed by atoms with E-state index in [2.05, 4.69) is 21.3 Å². The fourth-order valence-corrected chi connectivity index (χ4v) is 13.8. The van der Waals surface area contributed by atoms with Gasteiger partial charge in [-0.25, -0.2) is 18.8 Å². The van der Waals surface area contributed by atoms with Crippen LogP contribution in [0.4, 0.5) is 9.18 Å². The van der Waals surface area contributed by atoms with E-state index in [1.807, 2.05) is 0 Å². The third kappa shape index (κ3) is 17.7. The van der Waals surface area contributed by atoms with Crippen LogP contribution in [0.15, 0.2) is 96.1 Å². The van der Waals surface area contributed by atoms with Gasteiger partial charge in [-0.3, -0.25) is 38.4 Å². The number of nitrogens with one attached hydrogen (secondary N) is 4. The summed E-state index contributed by atoms with van der Waals surface area (Å²) in [5.74, 6) is -11.6. The van der Waals surface area contributed by atoms with E-state index in [4.69, 9.17) is 46.8 Å². The van der Waals surface area contributed by atoms with Gasteiger partial charge >= 0.3 is 24.0 Å². The molecule has 11 N–H and O–H groups in total. The van der Waals surface area contributed by atoms with Gasteiger partial charge in [0.2, 0.25) is 35.6 Å². The van der Waals surface area contributed by atoms with E-state index in [0.717, 1.165) is 12.1 Å². The maximum Gasteiger partial charge on any atom is 0.408 e. The van der Waals surface area contributed by atoms with Crippen molar-refractivity contribution in [3.8, 4) is 0 Å². The Bertz CT molecular complexity index is 3550. The fourth-order valence-electron chi connectivity index (χ4n) is 13.6. The van der Waals surface area contributed by atoms with Crippen LogP contribution in [0.1, 0.15) is 154 Å². The molecule has 2 unspecified atom stereocenters. The number of ether oxygens (including phenoxy) is 5. The number of esters is 3. The minimum Gasteiger partial charge on any atom is -0.455 e. The molecule has 7 rings (SSSR count). The second kappa shape index (κ2) is 31.4. The van der Waals surface area contributed by atoms with Crippen LogP contribution in [0, 0.1) is 33.9 Å². The van der Waals surface area contributed by atoms with Gasteiger partial charge in [0.25, 0.3) is 0 Å². The number of aliphatic hydroxyl groups excluding tert-OH is 2. The minimum atomic E-state index is -2.34. The van der Waals surface area contributed by atoms with Crippen molar-refractivity contribution in [1.29, 1.82) is 0 Å². The van der Waals surface area contributed by atoms with Crippen LogP contribution in [0.5, 0.6) is 0 Å². The molecule has 6 amide bonds. The summed E-state index contributed by atoms with van der Waals surface area (Å²) in [5, 5.41) is 48.6. The van der Waals surface area contributed by atoms with E-state index < -0.39 is 191 Å². The molecule has 0 aromatic heterocycles. The second-order valence-electron chi connectivity index (χ2n) is 27.4. The molecule has 25 nitrogen and oxygen atoms in total. The third-order valence-electron chi connectivity index (χ3n) is 19.2. The van der Waals surface area contributed by atoms with Crippen molar-refractivity contribution in [2.24, 2.45) is 39.5 Å². The Hall–Kier alpha value is -8.43.